The molecule has 2 unspecified atom stereocenters. The maximum absolute atomic E-state index is 12.5. The molecule has 2 rings (SSSR count). The van der Waals surface area contributed by atoms with Crippen molar-refractivity contribution in [1.82, 2.24) is 5.32 Å². The summed E-state index contributed by atoms with van der Waals surface area (Å²) in [5.74, 6) is -3.86. The monoisotopic (exact) mass is 722 g/mol. The van der Waals surface area contributed by atoms with Crippen molar-refractivity contribution in [3.63, 3.8) is 0 Å². The van der Waals surface area contributed by atoms with Crippen LogP contribution < -0.4 is 10.1 Å². The first kappa shape index (κ1) is 43.7. The van der Waals surface area contributed by atoms with E-state index in [9.17, 15) is 33.6 Å². The van der Waals surface area contributed by atoms with E-state index in [2.05, 4.69) is 23.6 Å². The van der Waals surface area contributed by atoms with Crippen molar-refractivity contribution in [1.29, 1.82) is 0 Å². The zero-order valence-corrected chi connectivity index (χ0v) is 29.7. The first-order chi connectivity index (χ1) is 24.0. The standard InChI is InChI=1S/C32H41NO15.C2H5N/c1-8-23(38)11-14-25(30(39)43-17(2)3)33-32(40)42-15-22-9-12-24(13-10-22)47-31-29(46-21(7)37)28(45-20(6)36)27(44-19(5)35)26(48-31)16-41-18(4)34;1-3-2/h8-10,12-13,17,25-29,31H,1,11,14-16H2,2-7H3,(H,33,40);1H2,2H3/t25-,26+,27-,28-,29?,31?;/m0./s1. The molecule has 1 aromatic rings. The van der Waals surface area contributed by atoms with Crippen molar-refractivity contribution in [3.8, 4) is 5.75 Å². The summed E-state index contributed by atoms with van der Waals surface area (Å²) in [7, 11) is 1.64. The summed E-state index contributed by atoms with van der Waals surface area (Å²) in [4.78, 5) is 87.3. The Morgan fingerprint density at radius 3 is 1.92 bits per heavy atom. The van der Waals surface area contributed by atoms with Crippen LogP contribution in [-0.4, -0.2) is 105 Å². The minimum Gasteiger partial charge on any atom is -0.463 e. The number of rotatable bonds is 16. The molecule has 0 aromatic heterocycles. The number of carbonyl (C=O) groups excluding carboxylic acids is 7. The highest BCUT2D eigenvalue weighted by atomic mass is 16.7. The second-order valence-corrected chi connectivity index (χ2v) is 11.1. The van der Waals surface area contributed by atoms with Crippen LogP contribution in [0.15, 0.2) is 41.9 Å². The summed E-state index contributed by atoms with van der Waals surface area (Å²) in [5.41, 5.74) is 0.502. The number of nitrogens with one attached hydrogen (secondary N) is 1. The van der Waals surface area contributed by atoms with Crippen LogP contribution in [0, 0.1) is 0 Å². The normalized spacial score (nSPS) is 19.7. The van der Waals surface area contributed by atoms with Gasteiger partial charge in [-0.05, 0) is 50.8 Å². The molecule has 282 valence electrons. The predicted octanol–water partition coefficient (Wildman–Crippen LogP) is 2.55. The molecule has 0 aliphatic carbocycles. The smallest absolute Gasteiger partial charge is 0.408 e. The average Bonchev–Trinajstić information content (AvgIpc) is 3.03. The Bertz CT molecular complexity index is 1380. The summed E-state index contributed by atoms with van der Waals surface area (Å²) >= 11 is 0. The van der Waals surface area contributed by atoms with E-state index in [0.717, 1.165) is 33.8 Å². The van der Waals surface area contributed by atoms with Crippen LogP contribution >= 0.6 is 0 Å². The third kappa shape index (κ3) is 16.8. The van der Waals surface area contributed by atoms with Gasteiger partial charge >= 0.3 is 35.9 Å². The van der Waals surface area contributed by atoms with Gasteiger partial charge < -0.3 is 48.2 Å². The Balaban J connectivity index is 0.00000418. The van der Waals surface area contributed by atoms with Gasteiger partial charge in [0.25, 0.3) is 0 Å². The topological polar surface area (TPSA) is 218 Å². The number of allylic oxidation sites excluding steroid dienone is 1. The van der Waals surface area contributed by atoms with Crippen molar-refractivity contribution in [3.05, 3.63) is 42.5 Å². The van der Waals surface area contributed by atoms with Gasteiger partial charge in [0, 0.05) is 41.2 Å². The van der Waals surface area contributed by atoms with E-state index < -0.39 is 85.4 Å². The fourth-order valence-electron chi connectivity index (χ4n) is 4.37. The lowest BCUT2D eigenvalue weighted by Gasteiger charge is -2.43. The third-order valence-electron chi connectivity index (χ3n) is 6.33. The van der Waals surface area contributed by atoms with Gasteiger partial charge in [-0.15, -0.1) is 0 Å². The molecule has 17 heteroatoms. The number of alkyl carbamates (subject to hydrolysis) is 1. The number of benzene rings is 1. The fourth-order valence-corrected chi connectivity index (χ4v) is 4.37. The van der Waals surface area contributed by atoms with Gasteiger partial charge in [-0.2, -0.15) is 0 Å². The Hall–Kier alpha value is -5.32. The van der Waals surface area contributed by atoms with Gasteiger partial charge in [0.2, 0.25) is 12.4 Å². The van der Waals surface area contributed by atoms with E-state index in [1.54, 1.807) is 33.0 Å². The quantitative estimate of drug-likeness (QED) is 0.112. The molecule has 1 fully saturated rings. The van der Waals surface area contributed by atoms with E-state index in [0.29, 0.717) is 5.56 Å². The lowest BCUT2D eigenvalue weighted by atomic mass is 9.98. The summed E-state index contributed by atoms with van der Waals surface area (Å²) < 4.78 is 43.4. The number of hydrogen-bond acceptors (Lipinski definition) is 16. The zero-order valence-electron chi connectivity index (χ0n) is 29.7. The second-order valence-electron chi connectivity index (χ2n) is 11.1. The van der Waals surface area contributed by atoms with E-state index in [1.165, 1.54) is 12.1 Å². The molecule has 1 aromatic carbocycles. The van der Waals surface area contributed by atoms with Gasteiger partial charge in [0.05, 0.1) is 6.10 Å². The molecule has 1 aliphatic rings. The summed E-state index contributed by atoms with van der Waals surface area (Å²) in [5, 5.41) is 2.41. The van der Waals surface area contributed by atoms with Crippen molar-refractivity contribution >= 4 is 48.4 Å². The minimum absolute atomic E-state index is 0.0171. The van der Waals surface area contributed by atoms with E-state index in [4.69, 9.17) is 37.9 Å². The molecule has 17 nitrogen and oxygen atoms in total. The Morgan fingerprint density at radius 1 is 0.863 bits per heavy atom. The molecule has 6 atom stereocenters. The number of ketones is 1. The van der Waals surface area contributed by atoms with Crippen LogP contribution in [0.4, 0.5) is 4.79 Å². The lowest BCUT2D eigenvalue weighted by Crippen LogP contribution is -2.63. The van der Waals surface area contributed by atoms with Gasteiger partial charge in [0.1, 0.15) is 31.1 Å². The van der Waals surface area contributed by atoms with Crippen LogP contribution in [0.2, 0.25) is 0 Å². The Kier molecular flexibility index (Phi) is 19.2. The molecule has 0 radical (unpaired) electrons. The molecule has 1 amide bonds. The van der Waals surface area contributed by atoms with E-state index in [-0.39, 0.29) is 31.0 Å². The van der Waals surface area contributed by atoms with Crippen LogP contribution in [0.5, 0.6) is 5.75 Å². The highest BCUT2D eigenvalue weighted by molar-refractivity contribution is 5.90. The van der Waals surface area contributed by atoms with Crippen LogP contribution in [0.1, 0.15) is 59.9 Å². The molecular formula is C34H46N2O15. The summed E-state index contributed by atoms with van der Waals surface area (Å²) in [6.07, 6.45) is -7.10. The number of aliphatic imine (C=N–C) groups is 1. The van der Waals surface area contributed by atoms with Crippen LogP contribution in [-0.2, 0) is 68.5 Å². The molecule has 1 saturated heterocycles. The maximum Gasteiger partial charge on any atom is 0.408 e. The highest BCUT2D eigenvalue weighted by Gasteiger charge is 2.53. The van der Waals surface area contributed by atoms with E-state index >= 15 is 0 Å². The van der Waals surface area contributed by atoms with Crippen molar-refractivity contribution < 1.29 is 71.5 Å². The van der Waals surface area contributed by atoms with E-state index in [1.807, 2.05) is 0 Å². The SMILES string of the molecule is C=CC(=O)CC[C@H](NC(=O)OCc1ccc(OC2O[C@H](COC(C)=O)[C@H](OC(C)=O)[C@H](OC(C)=O)C2OC(C)=O)cc1)C(=O)OC(C)C.C=NC. The predicted molar refractivity (Wildman–Crippen MR) is 177 cm³/mol. The van der Waals surface area contributed by atoms with Crippen molar-refractivity contribution in [2.75, 3.05) is 13.7 Å². The summed E-state index contributed by atoms with van der Waals surface area (Å²) in [6.45, 7) is 13.6. The van der Waals surface area contributed by atoms with Gasteiger partial charge in [-0.3, -0.25) is 24.0 Å². The number of esters is 5. The largest absolute Gasteiger partial charge is 0.463 e. The molecule has 0 spiro atoms. The minimum atomic E-state index is -1.44. The second kappa shape index (κ2) is 22.4. The molecule has 0 bridgehead atoms. The molecule has 1 N–H and O–H groups in total. The fraction of sp³-hybridized carbons (Fsp3) is 0.529. The first-order valence-corrected chi connectivity index (χ1v) is 15.7. The Morgan fingerprint density at radius 2 is 1.41 bits per heavy atom. The summed E-state index contributed by atoms with van der Waals surface area (Å²) in [6, 6.07) is 4.92. The number of amides is 1. The number of hydrogen-bond donors (Lipinski definition) is 1. The van der Waals surface area contributed by atoms with Crippen LogP contribution in [0.3, 0.4) is 0 Å². The van der Waals surface area contributed by atoms with Crippen molar-refractivity contribution in [2.24, 2.45) is 4.99 Å². The average molecular weight is 723 g/mol. The molecular weight excluding hydrogens is 676 g/mol. The molecule has 1 aliphatic heterocycles. The number of carbonyl (C=O) groups is 7. The lowest BCUT2D eigenvalue weighted by molar-refractivity contribution is -0.288. The maximum atomic E-state index is 12.5. The number of ether oxygens (including phenoxy) is 8. The van der Waals surface area contributed by atoms with Gasteiger partial charge in [0.15, 0.2) is 18.0 Å². The van der Waals surface area contributed by atoms with Crippen LogP contribution in [0.25, 0.3) is 0 Å². The molecule has 51 heavy (non-hydrogen) atoms. The highest BCUT2D eigenvalue weighted by Crippen LogP contribution is 2.31. The first-order valence-electron chi connectivity index (χ1n) is 15.7. The van der Waals surface area contributed by atoms with Gasteiger partial charge in [-0.25, -0.2) is 9.59 Å². The third-order valence-corrected chi connectivity index (χ3v) is 6.33. The van der Waals surface area contributed by atoms with Gasteiger partial charge in [-0.1, -0.05) is 18.7 Å². The Labute approximate surface area is 295 Å². The zero-order chi connectivity index (χ0) is 38.7. The molecule has 0 saturated carbocycles. The molecule has 1 heterocycles. The van der Waals surface area contributed by atoms with Crippen molar-refractivity contribution in [2.45, 2.75) is 104 Å². The number of nitrogens with zero attached hydrogens (tertiary/aromatic N) is 1.